The van der Waals surface area contributed by atoms with Gasteiger partial charge in [-0.2, -0.15) is 5.10 Å². The number of hydrogen-bond donors (Lipinski definition) is 1. The molecule has 0 aliphatic carbocycles. The molecule has 0 saturated carbocycles. The van der Waals surface area contributed by atoms with E-state index < -0.39 is 0 Å². The lowest BCUT2D eigenvalue weighted by molar-refractivity contribution is 0.475. The van der Waals surface area contributed by atoms with Crippen LogP contribution in [0.5, 0.6) is 5.75 Å². The van der Waals surface area contributed by atoms with Gasteiger partial charge < -0.3 is 5.11 Å². The molecule has 0 aromatic heterocycles. The van der Waals surface area contributed by atoms with Gasteiger partial charge in [0.15, 0.2) is 0 Å². The quantitative estimate of drug-likeness (QED) is 0.568. The van der Waals surface area contributed by atoms with Crippen molar-refractivity contribution in [1.82, 2.24) is 0 Å². The van der Waals surface area contributed by atoms with Gasteiger partial charge in [0.1, 0.15) is 11.5 Å². The van der Waals surface area contributed by atoms with E-state index in [4.69, 9.17) is 0 Å². The van der Waals surface area contributed by atoms with Crippen molar-refractivity contribution in [1.29, 1.82) is 0 Å². The molecule has 3 nitrogen and oxygen atoms in total. The zero-order chi connectivity index (χ0) is 15.9. The summed E-state index contributed by atoms with van der Waals surface area (Å²) in [5.74, 6) is 0.236. The lowest BCUT2D eigenvalue weighted by Crippen LogP contribution is -2.02. The van der Waals surface area contributed by atoms with E-state index in [1.54, 1.807) is 30.5 Å². The number of phenols is 1. The van der Waals surface area contributed by atoms with Crippen LogP contribution in [0.1, 0.15) is 16.7 Å². The predicted octanol–water partition coefficient (Wildman–Crippen LogP) is 4.26. The van der Waals surface area contributed by atoms with Gasteiger partial charge in [0.05, 0.1) is 6.21 Å². The minimum atomic E-state index is 0.236. The van der Waals surface area contributed by atoms with Crippen molar-refractivity contribution in [3.8, 4) is 5.75 Å². The maximum atomic E-state index is 9.30. The topological polar surface area (TPSA) is 45.0 Å². The molecule has 0 atom stereocenters. The van der Waals surface area contributed by atoms with Gasteiger partial charge in [-0.3, -0.25) is 0 Å². The summed E-state index contributed by atoms with van der Waals surface area (Å²) in [6, 6.07) is 26.8. The molecule has 112 valence electrons. The molecule has 0 radical (unpaired) electrons. The Labute approximate surface area is 135 Å². The fourth-order valence-electron chi connectivity index (χ4n) is 2.19. The smallest absolute Gasteiger partial charge is 0.115 e. The van der Waals surface area contributed by atoms with Crippen LogP contribution in [-0.2, 0) is 0 Å². The second-order valence-corrected chi connectivity index (χ2v) is 5.02. The summed E-state index contributed by atoms with van der Waals surface area (Å²) in [5.41, 5.74) is 3.73. The van der Waals surface area contributed by atoms with Gasteiger partial charge in [-0.15, -0.1) is 5.10 Å². The van der Waals surface area contributed by atoms with Gasteiger partial charge >= 0.3 is 0 Å². The summed E-state index contributed by atoms with van der Waals surface area (Å²) in [6.45, 7) is 0. The van der Waals surface area contributed by atoms with Crippen molar-refractivity contribution in [2.75, 3.05) is 0 Å². The van der Waals surface area contributed by atoms with Crippen LogP contribution in [0.2, 0.25) is 0 Å². The molecule has 0 aliphatic rings. The van der Waals surface area contributed by atoms with E-state index in [1.165, 1.54) is 0 Å². The average molecular weight is 300 g/mol. The van der Waals surface area contributed by atoms with E-state index in [-0.39, 0.29) is 5.75 Å². The third kappa shape index (κ3) is 3.92. The molecule has 0 bridgehead atoms. The number of nitrogens with zero attached hydrogens (tertiary/aromatic N) is 2. The highest BCUT2D eigenvalue weighted by atomic mass is 16.3. The third-order valence-corrected chi connectivity index (χ3v) is 3.35. The number of hydrogen-bond acceptors (Lipinski definition) is 3. The highest BCUT2D eigenvalue weighted by molar-refractivity contribution is 6.12. The van der Waals surface area contributed by atoms with E-state index in [2.05, 4.69) is 10.2 Å². The molecule has 0 spiro atoms. The summed E-state index contributed by atoms with van der Waals surface area (Å²) in [4.78, 5) is 0. The van der Waals surface area contributed by atoms with E-state index in [1.807, 2.05) is 60.7 Å². The molecule has 3 aromatic carbocycles. The van der Waals surface area contributed by atoms with Gasteiger partial charge in [-0.05, 0) is 29.8 Å². The Balaban J connectivity index is 1.93. The van der Waals surface area contributed by atoms with Crippen LogP contribution in [-0.4, -0.2) is 17.0 Å². The van der Waals surface area contributed by atoms with Crippen LogP contribution in [0, 0.1) is 0 Å². The largest absolute Gasteiger partial charge is 0.508 e. The van der Waals surface area contributed by atoms with Gasteiger partial charge in [0, 0.05) is 11.1 Å². The Bertz CT molecular complexity index is 766. The summed E-state index contributed by atoms with van der Waals surface area (Å²) in [5, 5.41) is 17.9. The van der Waals surface area contributed by atoms with Crippen LogP contribution in [0.25, 0.3) is 0 Å². The maximum Gasteiger partial charge on any atom is 0.115 e. The first kappa shape index (κ1) is 14.7. The Morgan fingerprint density at radius 3 is 1.74 bits per heavy atom. The van der Waals surface area contributed by atoms with Crippen LogP contribution in [0.15, 0.2) is 95.1 Å². The number of rotatable bonds is 4. The lowest BCUT2D eigenvalue weighted by atomic mass is 10.0. The molecule has 0 fully saturated rings. The molecular weight excluding hydrogens is 284 g/mol. The molecule has 3 aromatic rings. The Hall–Kier alpha value is -3.20. The van der Waals surface area contributed by atoms with Gasteiger partial charge in [0.25, 0.3) is 0 Å². The standard InChI is InChI=1S/C20H16N2O/c23-19-13-11-16(12-14-19)15-21-22-20(17-7-3-1-4-8-17)18-9-5-2-6-10-18/h1-15,23H/b21-15+. The second kappa shape index (κ2) is 7.18. The van der Waals surface area contributed by atoms with Crippen molar-refractivity contribution in [3.05, 3.63) is 102 Å². The van der Waals surface area contributed by atoms with E-state index in [0.29, 0.717) is 0 Å². The number of aromatic hydroxyl groups is 1. The van der Waals surface area contributed by atoms with Crippen molar-refractivity contribution in [2.45, 2.75) is 0 Å². The summed E-state index contributed by atoms with van der Waals surface area (Å²) in [6.07, 6.45) is 1.67. The molecule has 0 heterocycles. The Morgan fingerprint density at radius 2 is 1.22 bits per heavy atom. The van der Waals surface area contributed by atoms with Crippen LogP contribution >= 0.6 is 0 Å². The van der Waals surface area contributed by atoms with Gasteiger partial charge in [-0.25, -0.2) is 0 Å². The molecule has 0 unspecified atom stereocenters. The number of benzene rings is 3. The fraction of sp³-hybridized carbons (Fsp3) is 0. The van der Waals surface area contributed by atoms with E-state index >= 15 is 0 Å². The minimum Gasteiger partial charge on any atom is -0.508 e. The van der Waals surface area contributed by atoms with E-state index in [9.17, 15) is 5.11 Å². The lowest BCUT2D eigenvalue weighted by Gasteiger charge is -2.05. The molecular formula is C20H16N2O. The molecule has 3 heteroatoms. The van der Waals surface area contributed by atoms with Gasteiger partial charge in [0.2, 0.25) is 0 Å². The normalized spacial score (nSPS) is 10.6. The average Bonchev–Trinajstić information content (AvgIpc) is 2.62. The zero-order valence-electron chi connectivity index (χ0n) is 12.5. The first-order valence-electron chi connectivity index (χ1n) is 7.34. The van der Waals surface area contributed by atoms with Crippen LogP contribution in [0.3, 0.4) is 0 Å². The first-order chi connectivity index (χ1) is 11.3. The van der Waals surface area contributed by atoms with Gasteiger partial charge in [-0.1, -0.05) is 60.7 Å². The SMILES string of the molecule is Oc1ccc(/C=N/N=C(c2ccccc2)c2ccccc2)cc1. The first-order valence-corrected chi connectivity index (χ1v) is 7.34. The predicted molar refractivity (Wildman–Crippen MR) is 94.2 cm³/mol. The molecule has 0 saturated heterocycles. The van der Waals surface area contributed by atoms with Crippen molar-refractivity contribution in [3.63, 3.8) is 0 Å². The molecule has 3 rings (SSSR count). The summed E-state index contributed by atoms with van der Waals surface area (Å²) < 4.78 is 0. The molecule has 23 heavy (non-hydrogen) atoms. The molecule has 0 amide bonds. The zero-order valence-corrected chi connectivity index (χ0v) is 12.5. The Kier molecular flexibility index (Phi) is 4.60. The Morgan fingerprint density at radius 1 is 0.696 bits per heavy atom. The minimum absolute atomic E-state index is 0.236. The monoisotopic (exact) mass is 300 g/mol. The molecule has 0 aliphatic heterocycles. The highest BCUT2D eigenvalue weighted by Gasteiger charge is 2.05. The molecule has 1 N–H and O–H groups in total. The maximum absolute atomic E-state index is 9.30. The second-order valence-electron chi connectivity index (χ2n) is 5.02. The summed E-state index contributed by atoms with van der Waals surface area (Å²) >= 11 is 0. The van der Waals surface area contributed by atoms with Crippen LogP contribution < -0.4 is 0 Å². The highest BCUT2D eigenvalue weighted by Crippen LogP contribution is 2.12. The van der Waals surface area contributed by atoms with Crippen molar-refractivity contribution in [2.24, 2.45) is 10.2 Å². The van der Waals surface area contributed by atoms with Crippen molar-refractivity contribution >= 4 is 11.9 Å². The fourth-order valence-corrected chi connectivity index (χ4v) is 2.19. The third-order valence-electron chi connectivity index (χ3n) is 3.35. The van der Waals surface area contributed by atoms with E-state index in [0.717, 1.165) is 22.4 Å². The summed E-state index contributed by atoms with van der Waals surface area (Å²) in [7, 11) is 0. The number of phenolic OH excluding ortho intramolecular Hbond substituents is 1. The van der Waals surface area contributed by atoms with Crippen molar-refractivity contribution < 1.29 is 5.11 Å². The van der Waals surface area contributed by atoms with Crippen LogP contribution in [0.4, 0.5) is 0 Å².